The van der Waals surface area contributed by atoms with Gasteiger partial charge in [-0.25, -0.2) is 4.98 Å². The van der Waals surface area contributed by atoms with Crippen LogP contribution in [0.25, 0.3) is 172 Å². The number of furan rings is 2. The minimum Gasteiger partial charge on any atom is -0.461 e. The molecule has 446 valence electrons. The number of nitrogens with zero attached hydrogens (tertiary/aromatic N) is 5. The molecule has 3 aliphatic rings. The van der Waals surface area contributed by atoms with E-state index >= 15 is 0 Å². The van der Waals surface area contributed by atoms with Gasteiger partial charge >= 0.3 is 0 Å². The van der Waals surface area contributed by atoms with Gasteiger partial charge in [-0.2, -0.15) is 4.98 Å². The van der Waals surface area contributed by atoms with E-state index < -0.39 is 0 Å². The zero-order valence-corrected chi connectivity index (χ0v) is 51.6. The topological polar surface area (TPSA) is 76.1 Å². The highest BCUT2D eigenvalue weighted by Gasteiger charge is 2.32. The molecule has 18 aromatic rings. The number of fused-ring (bicyclic) bond motifs is 19. The maximum atomic E-state index is 6.52. The second kappa shape index (κ2) is 19.9. The molecule has 6 aromatic heterocycles. The molecule has 0 amide bonds. The Labute approximate surface area is 544 Å². The Hall–Kier alpha value is -12.3. The van der Waals surface area contributed by atoms with Crippen molar-refractivity contribution in [2.45, 2.75) is 25.7 Å². The van der Waals surface area contributed by atoms with Crippen molar-refractivity contribution in [2.75, 3.05) is 0 Å². The summed E-state index contributed by atoms with van der Waals surface area (Å²) in [4.78, 5) is 11.6. The van der Waals surface area contributed by atoms with E-state index in [0.29, 0.717) is 11.9 Å². The first-order valence-corrected chi connectivity index (χ1v) is 32.8. The normalized spacial score (nSPS) is 15.3. The smallest absolute Gasteiger partial charge is 0.237 e. The van der Waals surface area contributed by atoms with E-state index in [4.69, 9.17) is 23.5 Å². The number of hydrogen-bond acceptors (Lipinski definition) is 5. The number of benzene rings is 12. The van der Waals surface area contributed by atoms with E-state index in [2.05, 4.69) is 288 Å². The molecule has 7 heterocycles. The SMILES string of the molecule is CC1C=Cc2oc3cc(-c4ccc5c(c4)c4ccccc4n5-c4nc(-c5ccc(-n6c7ccccc7c7cc(-c8ccc9c(c8)oc8ccccc89)ccc76)c6ccccc56)cc(-n5c6ccccc6c6cc(C7=CCC8C(=C7)Oc7ccccc78)ccc65)n4)ccc3c2C1. The monoisotopic (exact) mass is 1220 g/mol. The maximum absolute atomic E-state index is 6.52. The molecule has 0 N–H and O–H groups in total. The molecule has 0 saturated heterocycles. The van der Waals surface area contributed by atoms with Crippen LogP contribution in [-0.4, -0.2) is 23.7 Å². The summed E-state index contributed by atoms with van der Waals surface area (Å²) in [6.07, 6.45) is 10.9. The molecule has 2 aliphatic carbocycles. The summed E-state index contributed by atoms with van der Waals surface area (Å²) in [7, 11) is 0. The van der Waals surface area contributed by atoms with Gasteiger partial charge in [0.15, 0.2) is 0 Å². The quantitative estimate of drug-likeness (QED) is 0.159. The average molecular weight is 1220 g/mol. The second-order valence-electron chi connectivity index (χ2n) is 26.0. The van der Waals surface area contributed by atoms with Gasteiger partial charge in [-0.1, -0.05) is 177 Å². The molecule has 0 spiro atoms. The van der Waals surface area contributed by atoms with Crippen molar-refractivity contribution in [1.82, 2.24) is 23.7 Å². The molecular weight excluding hydrogens is 1160 g/mol. The van der Waals surface area contributed by atoms with Gasteiger partial charge in [0.2, 0.25) is 5.95 Å². The Morgan fingerprint density at radius 3 is 1.71 bits per heavy atom. The van der Waals surface area contributed by atoms with Crippen LogP contribution in [0.5, 0.6) is 5.75 Å². The Morgan fingerprint density at radius 2 is 0.958 bits per heavy atom. The average Bonchev–Trinajstić information content (AvgIpc) is 1.65. The van der Waals surface area contributed by atoms with Gasteiger partial charge in [-0.15, -0.1) is 0 Å². The third-order valence-electron chi connectivity index (χ3n) is 20.6. The fourth-order valence-corrected chi connectivity index (χ4v) is 16.1. The zero-order chi connectivity index (χ0) is 62.1. The standard InChI is InChI=1S/C87H55N5O3/c1-50-26-41-82-71(42-50)67-35-29-56(48-85(67)95-82)53-32-39-79-70(45-53)62-18-6-11-23-75(62)92(79)87-88-72(49-86(89-87)91-74-22-10-5-17-61(74)69-44-52(31-38-78(69)91)55-28-34-66-64-20-8-13-25-81(64)94-84(66)47-55)58-36-40-76(59-15-3-2-14-57(58)59)90-73-21-9-4-16-60(73)68-43-51(30-37-77(68)90)54-27-33-65-63-19-7-12-24-80(63)93-83(65)46-54/h2-33,35-41,43-50,66H,34,42H2,1H3. The molecular formula is C87H55N5O3. The lowest BCUT2D eigenvalue weighted by molar-refractivity contribution is 0.426. The van der Waals surface area contributed by atoms with E-state index in [1.54, 1.807) is 0 Å². The first-order chi connectivity index (χ1) is 47.0. The highest BCUT2D eigenvalue weighted by molar-refractivity contribution is 6.15. The van der Waals surface area contributed by atoms with E-state index in [1.807, 2.05) is 12.1 Å². The second-order valence-corrected chi connectivity index (χ2v) is 26.0. The zero-order valence-electron chi connectivity index (χ0n) is 51.6. The molecule has 21 rings (SSSR count). The van der Waals surface area contributed by atoms with Crippen LogP contribution in [0.15, 0.2) is 288 Å². The van der Waals surface area contributed by atoms with E-state index in [-0.39, 0.29) is 5.92 Å². The number of aromatic nitrogens is 5. The van der Waals surface area contributed by atoms with Crippen LogP contribution >= 0.6 is 0 Å². The van der Waals surface area contributed by atoms with Gasteiger partial charge in [0.1, 0.15) is 39.8 Å². The summed E-state index contributed by atoms with van der Waals surface area (Å²) in [5, 5.41) is 12.5. The molecule has 0 fully saturated rings. The van der Waals surface area contributed by atoms with Crippen molar-refractivity contribution in [2.24, 2.45) is 5.92 Å². The summed E-state index contributed by atoms with van der Waals surface area (Å²) in [6.45, 7) is 2.27. The fourth-order valence-electron chi connectivity index (χ4n) is 16.1. The lowest BCUT2D eigenvalue weighted by Gasteiger charge is -2.17. The van der Waals surface area contributed by atoms with Crippen LogP contribution in [0.1, 0.15) is 41.7 Å². The highest BCUT2D eigenvalue weighted by atomic mass is 16.5. The molecule has 1 aliphatic heterocycles. The van der Waals surface area contributed by atoms with Crippen LogP contribution < -0.4 is 4.74 Å². The summed E-state index contributed by atoms with van der Waals surface area (Å²) < 4.78 is 26.4. The highest BCUT2D eigenvalue weighted by Crippen LogP contribution is 2.48. The van der Waals surface area contributed by atoms with Crippen molar-refractivity contribution in [3.05, 3.63) is 301 Å². The van der Waals surface area contributed by atoms with Crippen LogP contribution in [-0.2, 0) is 6.42 Å². The minimum atomic E-state index is 0.233. The summed E-state index contributed by atoms with van der Waals surface area (Å²) in [5.74, 6) is 4.97. The Balaban J connectivity index is 0.749. The van der Waals surface area contributed by atoms with Gasteiger partial charge in [-0.3, -0.25) is 9.13 Å². The van der Waals surface area contributed by atoms with Gasteiger partial charge in [0.25, 0.3) is 0 Å². The number of rotatable bonds is 7. The third-order valence-corrected chi connectivity index (χ3v) is 20.6. The van der Waals surface area contributed by atoms with E-state index in [9.17, 15) is 0 Å². The van der Waals surface area contributed by atoms with Crippen LogP contribution in [0.4, 0.5) is 0 Å². The predicted molar refractivity (Wildman–Crippen MR) is 388 cm³/mol. The first-order valence-electron chi connectivity index (χ1n) is 32.8. The number of allylic oxidation sites excluding steroid dienone is 5. The van der Waals surface area contributed by atoms with Crippen LogP contribution in [0.2, 0.25) is 0 Å². The van der Waals surface area contributed by atoms with Gasteiger partial charge < -0.3 is 18.1 Å². The Bertz CT molecular complexity index is 6490. The first kappa shape index (κ1) is 52.4. The molecule has 2 unspecified atom stereocenters. The fraction of sp³-hybridized carbons (Fsp3) is 0.0575. The molecule has 0 saturated carbocycles. The molecule has 0 bridgehead atoms. The number of ether oxygens (including phenoxy) is 1. The molecule has 8 heteroatoms. The van der Waals surface area contributed by atoms with Gasteiger partial charge in [-0.05, 0) is 161 Å². The largest absolute Gasteiger partial charge is 0.461 e. The summed E-state index contributed by atoms with van der Waals surface area (Å²) in [6, 6.07) is 92.3. The third kappa shape index (κ3) is 7.82. The molecule has 8 nitrogen and oxygen atoms in total. The molecule has 95 heavy (non-hydrogen) atoms. The van der Waals surface area contributed by atoms with Crippen molar-refractivity contribution >= 4 is 121 Å². The Kier molecular flexibility index (Phi) is 11.0. The summed E-state index contributed by atoms with van der Waals surface area (Å²) in [5.41, 5.74) is 21.3. The molecule has 2 atom stereocenters. The molecule has 12 aromatic carbocycles. The molecule has 0 radical (unpaired) electrons. The van der Waals surface area contributed by atoms with Crippen LogP contribution in [0, 0.1) is 5.92 Å². The van der Waals surface area contributed by atoms with Gasteiger partial charge in [0, 0.05) is 82.5 Å². The maximum Gasteiger partial charge on any atom is 0.237 e. The van der Waals surface area contributed by atoms with E-state index in [0.717, 1.165) is 179 Å². The summed E-state index contributed by atoms with van der Waals surface area (Å²) >= 11 is 0. The lowest BCUT2D eigenvalue weighted by Crippen LogP contribution is -2.07. The minimum absolute atomic E-state index is 0.233. The van der Waals surface area contributed by atoms with Crippen molar-refractivity contribution in [1.29, 1.82) is 0 Å². The predicted octanol–water partition coefficient (Wildman–Crippen LogP) is 22.6. The van der Waals surface area contributed by atoms with Crippen molar-refractivity contribution in [3.8, 4) is 56.7 Å². The Morgan fingerprint density at radius 1 is 0.411 bits per heavy atom. The number of para-hydroxylation sites is 5. The number of hydrogen-bond donors (Lipinski definition) is 0. The lowest BCUT2D eigenvalue weighted by atomic mass is 9.87. The van der Waals surface area contributed by atoms with Crippen molar-refractivity contribution < 1.29 is 13.6 Å². The van der Waals surface area contributed by atoms with Gasteiger partial charge in [0.05, 0.1) is 44.5 Å². The van der Waals surface area contributed by atoms with Crippen LogP contribution in [0.3, 0.4) is 0 Å². The van der Waals surface area contributed by atoms with E-state index in [1.165, 1.54) is 27.3 Å². The van der Waals surface area contributed by atoms with Crippen molar-refractivity contribution in [3.63, 3.8) is 0 Å².